The SMILES string of the molecule is CCCS(=O)(=O)c1ccccc1C(=O)N1CCC(F)(C(=O)O)C1. The molecule has 0 radical (unpaired) electrons. The Hall–Kier alpha value is -1.96. The van der Waals surface area contributed by atoms with E-state index in [0.29, 0.717) is 6.42 Å². The minimum absolute atomic E-state index is 0.0458. The van der Waals surface area contributed by atoms with Crippen molar-refractivity contribution in [2.24, 2.45) is 0 Å². The highest BCUT2D eigenvalue weighted by Gasteiger charge is 2.47. The van der Waals surface area contributed by atoms with E-state index in [1.165, 1.54) is 24.3 Å². The van der Waals surface area contributed by atoms with Gasteiger partial charge in [-0.15, -0.1) is 0 Å². The smallest absolute Gasteiger partial charge is 0.343 e. The molecule has 0 bridgehead atoms. The molecule has 6 nitrogen and oxygen atoms in total. The van der Waals surface area contributed by atoms with Gasteiger partial charge in [-0.05, 0) is 18.6 Å². The third-order valence-electron chi connectivity index (χ3n) is 3.82. The molecule has 0 saturated carbocycles. The van der Waals surface area contributed by atoms with E-state index in [1.807, 2.05) is 0 Å². The normalized spacial score (nSPS) is 21.4. The summed E-state index contributed by atoms with van der Waals surface area (Å²) in [5.41, 5.74) is -2.53. The van der Waals surface area contributed by atoms with Gasteiger partial charge in [0, 0.05) is 13.0 Å². The van der Waals surface area contributed by atoms with Crippen molar-refractivity contribution in [3.8, 4) is 0 Å². The highest BCUT2D eigenvalue weighted by atomic mass is 32.2. The molecule has 1 amide bonds. The molecular weight excluding hydrogens is 325 g/mol. The number of nitrogens with zero attached hydrogens (tertiary/aromatic N) is 1. The van der Waals surface area contributed by atoms with Crippen molar-refractivity contribution in [1.82, 2.24) is 4.90 Å². The van der Waals surface area contributed by atoms with Gasteiger partial charge in [0.2, 0.25) is 5.67 Å². The number of amides is 1. The molecule has 23 heavy (non-hydrogen) atoms. The average Bonchev–Trinajstić information content (AvgIpc) is 2.90. The molecule has 8 heteroatoms. The van der Waals surface area contributed by atoms with Crippen LogP contribution in [0.15, 0.2) is 29.2 Å². The largest absolute Gasteiger partial charge is 0.479 e. The predicted molar refractivity (Wildman–Crippen MR) is 80.8 cm³/mol. The number of sulfone groups is 1. The number of hydrogen-bond donors (Lipinski definition) is 1. The molecule has 1 aromatic rings. The van der Waals surface area contributed by atoms with E-state index < -0.39 is 33.9 Å². The van der Waals surface area contributed by atoms with Crippen molar-refractivity contribution < 1.29 is 27.5 Å². The summed E-state index contributed by atoms with van der Waals surface area (Å²) in [5, 5.41) is 8.89. The molecule has 1 unspecified atom stereocenters. The zero-order valence-electron chi connectivity index (χ0n) is 12.7. The molecule has 1 atom stereocenters. The van der Waals surface area contributed by atoms with E-state index in [4.69, 9.17) is 5.11 Å². The van der Waals surface area contributed by atoms with Crippen molar-refractivity contribution in [3.63, 3.8) is 0 Å². The lowest BCUT2D eigenvalue weighted by Gasteiger charge is -2.19. The van der Waals surface area contributed by atoms with Crippen LogP contribution in [0.4, 0.5) is 4.39 Å². The maximum absolute atomic E-state index is 14.1. The maximum Gasteiger partial charge on any atom is 0.343 e. The quantitative estimate of drug-likeness (QED) is 0.875. The second-order valence-electron chi connectivity index (χ2n) is 5.56. The first-order valence-electron chi connectivity index (χ1n) is 7.24. The Balaban J connectivity index is 2.34. The second kappa shape index (κ2) is 6.27. The molecule has 1 aliphatic heterocycles. The van der Waals surface area contributed by atoms with Crippen molar-refractivity contribution in [2.75, 3.05) is 18.8 Å². The Morgan fingerprint density at radius 2 is 2.00 bits per heavy atom. The van der Waals surface area contributed by atoms with Crippen LogP contribution < -0.4 is 0 Å². The lowest BCUT2D eigenvalue weighted by molar-refractivity contribution is -0.149. The number of halogens is 1. The highest BCUT2D eigenvalue weighted by Crippen LogP contribution is 2.28. The maximum atomic E-state index is 14.1. The number of carboxylic acids is 1. The number of rotatable bonds is 5. The molecule has 1 heterocycles. The van der Waals surface area contributed by atoms with E-state index >= 15 is 0 Å². The van der Waals surface area contributed by atoms with Crippen LogP contribution in [0.3, 0.4) is 0 Å². The highest BCUT2D eigenvalue weighted by molar-refractivity contribution is 7.91. The van der Waals surface area contributed by atoms with Crippen LogP contribution in [0.25, 0.3) is 0 Å². The van der Waals surface area contributed by atoms with Crippen molar-refractivity contribution in [2.45, 2.75) is 30.3 Å². The van der Waals surface area contributed by atoms with Crippen molar-refractivity contribution in [3.05, 3.63) is 29.8 Å². The Morgan fingerprint density at radius 3 is 2.57 bits per heavy atom. The van der Waals surface area contributed by atoms with Crippen LogP contribution in [0, 0.1) is 0 Å². The summed E-state index contributed by atoms with van der Waals surface area (Å²) in [5.74, 6) is -2.37. The first-order chi connectivity index (χ1) is 10.7. The Bertz CT molecular complexity index is 733. The molecule has 126 valence electrons. The zero-order valence-corrected chi connectivity index (χ0v) is 13.5. The fourth-order valence-corrected chi connectivity index (χ4v) is 4.12. The van der Waals surface area contributed by atoms with E-state index in [9.17, 15) is 22.4 Å². The zero-order chi connectivity index (χ0) is 17.3. The van der Waals surface area contributed by atoms with E-state index in [1.54, 1.807) is 6.92 Å². The van der Waals surface area contributed by atoms with E-state index in [0.717, 1.165) is 4.90 Å². The van der Waals surface area contributed by atoms with Gasteiger partial charge in [-0.25, -0.2) is 17.6 Å². The number of alkyl halides is 1. The van der Waals surface area contributed by atoms with E-state index in [-0.39, 0.29) is 29.2 Å². The van der Waals surface area contributed by atoms with Gasteiger partial charge in [0.15, 0.2) is 9.84 Å². The summed E-state index contributed by atoms with van der Waals surface area (Å²) in [6, 6.07) is 5.74. The van der Waals surface area contributed by atoms with Gasteiger partial charge in [0.05, 0.1) is 22.8 Å². The van der Waals surface area contributed by atoms with Crippen LogP contribution in [0.2, 0.25) is 0 Å². The van der Waals surface area contributed by atoms with Gasteiger partial charge in [0.1, 0.15) is 0 Å². The summed E-state index contributed by atoms with van der Waals surface area (Å²) in [6.07, 6.45) is 0.0964. The summed E-state index contributed by atoms with van der Waals surface area (Å²) >= 11 is 0. The fourth-order valence-electron chi connectivity index (χ4n) is 2.58. The minimum Gasteiger partial charge on any atom is -0.479 e. The molecule has 1 saturated heterocycles. The van der Waals surface area contributed by atoms with Gasteiger partial charge in [-0.3, -0.25) is 4.79 Å². The summed E-state index contributed by atoms with van der Waals surface area (Å²) in [4.78, 5) is 24.4. The predicted octanol–water partition coefficient (Wildman–Crippen LogP) is 1.51. The number of carbonyl (C=O) groups excluding carboxylic acids is 1. The molecule has 1 aliphatic rings. The second-order valence-corrected chi connectivity index (χ2v) is 7.64. The average molecular weight is 343 g/mol. The first-order valence-corrected chi connectivity index (χ1v) is 8.90. The van der Waals surface area contributed by atoms with Gasteiger partial charge < -0.3 is 10.0 Å². The molecular formula is C15H18FNO5S. The molecule has 0 aromatic heterocycles. The lowest BCUT2D eigenvalue weighted by atomic mass is 10.1. The standard InChI is InChI=1S/C15H18FNO5S/c1-2-9-23(21,22)12-6-4-3-5-11(12)13(18)17-8-7-15(16,10-17)14(19)20/h3-6H,2,7-10H2,1H3,(H,19,20). The van der Waals surface area contributed by atoms with Gasteiger partial charge in [-0.2, -0.15) is 0 Å². The molecule has 1 aromatic carbocycles. The number of carboxylic acid groups (broad SMARTS) is 1. The molecule has 2 rings (SSSR count). The third-order valence-corrected chi connectivity index (χ3v) is 5.79. The number of hydrogen-bond acceptors (Lipinski definition) is 4. The minimum atomic E-state index is -3.62. The monoisotopic (exact) mass is 343 g/mol. The van der Waals surface area contributed by atoms with Gasteiger partial charge in [-0.1, -0.05) is 19.1 Å². The third kappa shape index (κ3) is 3.36. The Kier molecular flexibility index (Phi) is 4.74. The molecule has 1 N–H and O–H groups in total. The van der Waals surface area contributed by atoms with E-state index in [2.05, 4.69) is 0 Å². The first kappa shape index (κ1) is 17.4. The number of aliphatic carboxylic acids is 1. The van der Waals surface area contributed by atoms with Crippen LogP contribution in [-0.2, 0) is 14.6 Å². The number of carbonyl (C=O) groups is 2. The molecule has 0 spiro atoms. The van der Waals surface area contributed by atoms with Crippen LogP contribution in [0.5, 0.6) is 0 Å². The topological polar surface area (TPSA) is 91.8 Å². The molecule has 0 aliphatic carbocycles. The lowest BCUT2D eigenvalue weighted by Crippen LogP contribution is -2.39. The number of likely N-dealkylation sites (tertiary alicyclic amines) is 1. The van der Waals surface area contributed by atoms with Crippen LogP contribution >= 0.6 is 0 Å². The summed E-state index contributed by atoms with van der Waals surface area (Å²) < 4.78 is 38.6. The summed E-state index contributed by atoms with van der Waals surface area (Å²) in [6.45, 7) is 1.07. The number of benzene rings is 1. The van der Waals surface area contributed by atoms with Crippen molar-refractivity contribution >= 4 is 21.7 Å². The summed E-state index contributed by atoms with van der Waals surface area (Å²) in [7, 11) is -3.62. The van der Waals surface area contributed by atoms with Crippen LogP contribution in [0.1, 0.15) is 30.1 Å². The Morgan fingerprint density at radius 1 is 1.35 bits per heavy atom. The molecule has 1 fully saturated rings. The van der Waals surface area contributed by atoms with Gasteiger partial charge >= 0.3 is 5.97 Å². The fraction of sp³-hybridized carbons (Fsp3) is 0.467. The van der Waals surface area contributed by atoms with Gasteiger partial charge in [0.25, 0.3) is 5.91 Å². The van der Waals surface area contributed by atoms with Crippen molar-refractivity contribution in [1.29, 1.82) is 0 Å². The van der Waals surface area contributed by atoms with Crippen LogP contribution in [-0.4, -0.2) is 54.8 Å². The Labute approximate surface area is 133 Å².